The van der Waals surface area contributed by atoms with Gasteiger partial charge < -0.3 is 116 Å². The number of carbonyl (C=O) groups is 8. The number of esters is 3. The fourth-order valence-corrected chi connectivity index (χ4v) is 17.1. The highest BCUT2D eigenvalue weighted by Gasteiger charge is 2.43. The van der Waals surface area contributed by atoms with E-state index < -0.39 is 296 Å². The van der Waals surface area contributed by atoms with Gasteiger partial charge in [-0.25, -0.2) is 72.7 Å². The number of nitrogens with zero attached hydrogens (tertiary/aromatic N) is 2. The normalized spacial score (nSPS) is 14.1. The number of carboxylic acids is 2. The lowest BCUT2D eigenvalue weighted by atomic mass is 10.2. The second-order valence-corrected chi connectivity index (χ2v) is 39.4. The number of carboxylic acid groups (broad SMARTS) is 2. The number of rotatable bonds is 41. The molecule has 0 spiro atoms. The van der Waals surface area contributed by atoms with E-state index in [0.717, 1.165) is 56.2 Å². The topological polar surface area (TPSA) is 715 Å². The van der Waals surface area contributed by atoms with Crippen molar-refractivity contribution >= 4 is 97.0 Å². The van der Waals surface area contributed by atoms with Gasteiger partial charge in [-0.1, -0.05) is 147 Å². The number of nitro groups is 2. The molecule has 144 heavy (non-hydrogen) atoms. The Labute approximate surface area is 818 Å². The highest BCUT2D eigenvalue weighted by atomic mass is 31.2. The number of alkyl carbamates (subject to hydrolysis) is 3. The van der Waals surface area contributed by atoms with Crippen LogP contribution in [-0.2, 0) is 95.0 Å². The molecule has 43 nitrogen and oxygen atoms in total. The smallest absolute Gasteiger partial charge is 0.505 e. The van der Waals surface area contributed by atoms with E-state index in [4.69, 9.17) is 40.8 Å². The Hall–Kier alpha value is -12.5. The Morgan fingerprint density at radius 2 is 0.660 bits per heavy atom. The van der Waals surface area contributed by atoms with Crippen molar-refractivity contribution in [2.24, 2.45) is 17.4 Å². The third-order valence-corrected chi connectivity index (χ3v) is 26.9. The summed E-state index contributed by atoms with van der Waals surface area (Å²) in [5, 5.41) is 105. The largest absolute Gasteiger partial charge is 0.508 e. The first-order valence-corrected chi connectivity index (χ1v) is 48.3. The lowest BCUT2D eigenvalue weighted by molar-refractivity contribution is -0.385. The number of hydrogen-bond acceptors (Lipinski definition) is 31. The number of aliphatic hydroxyl groups is 4. The second kappa shape index (κ2) is 65.7. The summed E-state index contributed by atoms with van der Waals surface area (Å²) < 4.78 is 222. The number of phenols is 2. The van der Waals surface area contributed by atoms with Crippen LogP contribution in [0.15, 0.2) is 153 Å². The molecule has 0 aliphatic heterocycles. The van der Waals surface area contributed by atoms with E-state index in [9.17, 15) is 176 Å². The van der Waals surface area contributed by atoms with Gasteiger partial charge in [-0.2, -0.15) is 4.89 Å². The van der Waals surface area contributed by atoms with Gasteiger partial charge in [0.05, 0.1) is 42.3 Å². The van der Waals surface area contributed by atoms with E-state index >= 15 is 0 Å². The molecule has 58 heteroatoms. The van der Waals surface area contributed by atoms with E-state index in [2.05, 4.69) is 43.3 Å². The van der Waals surface area contributed by atoms with Crippen molar-refractivity contribution in [1.29, 1.82) is 0 Å². The molecule has 3 amide bonds. The van der Waals surface area contributed by atoms with Crippen LogP contribution in [-0.4, -0.2) is 206 Å². The van der Waals surface area contributed by atoms with E-state index in [-0.39, 0.29) is 76.0 Å². The van der Waals surface area contributed by atoms with Gasteiger partial charge in [0.1, 0.15) is 61.5 Å². The number of nitrogens with one attached hydrogen (secondary N) is 3. The van der Waals surface area contributed by atoms with Crippen molar-refractivity contribution in [3.63, 3.8) is 0 Å². The van der Waals surface area contributed by atoms with Gasteiger partial charge in [-0.3, -0.25) is 48.1 Å². The molecule has 14 atom stereocenters. The number of carbonyl (C=O) groups excluding carboxylic acids is 6. The summed E-state index contributed by atoms with van der Waals surface area (Å²) in [4.78, 5) is 161. The molecule has 0 fully saturated rings. The predicted octanol–water partition coefficient (Wildman–Crippen LogP) is 14.5. The van der Waals surface area contributed by atoms with Crippen molar-refractivity contribution in [3.8, 4) is 11.5 Å². The van der Waals surface area contributed by atoms with Crippen LogP contribution in [0.3, 0.4) is 0 Å². The number of ether oxygens (including phenoxy) is 6. The molecule has 0 aromatic heterocycles. The van der Waals surface area contributed by atoms with Gasteiger partial charge >= 0.3 is 56.2 Å². The molecule has 20 N–H and O–H groups in total. The first-order valence-electron chi connectivity index (χ1n) is 39.2. The standard InChI is InChI=1S/C20H19F5NO7P.C20H23N2O10P.C13H16NO6P.C11H11F5NO5P.C11H15N2O8P.C6H10.5CH4/c1-32-18(27)11(26-20(29)33-9-10-5-3-2-4-6-10)7-8-34(30,31)19(28)12-13(21)15(23)17(25)16(24)14(12)22;1-31-18(24)16(21-20(26)32-12-13-5-3-2-4-6-13)9-10-33(29,30)19(25)15-11-14(22(27)28)7-8-17(15)23;1-19-12(15)11(7-8-21(17)18)14-13(16)20-9-10-5-3-2-4-6-10;12-5-4(6(13)8(15)9(16)7(5)14)11(20)23(21,22)2-1-3(17)10(18)19;12-8(10(15)16)3-4-22(20,21)11(17)7-5-6(13(18)19)1-2-9(7)14;1-4-6(3)5-2;;;;;/h2-6,11,19,28H,7-9H2,1H3,(H,26,29)(H,30,31);2-8,11,16,19,23,25H,9-10,12H2,1H3,(H,21,26)(H,29,30);2-6,11H,7-9H2,1H3,(H-,14,16,17,18);3,11,20H,1-2,17H2,(H,18,19)(H,21,22);1-2,5,8,11,14,17H,3-4,12H2,(H,15,16)(H,20,21);4-6H,1-2H2,3H3;5*1H4/p+1/t11-,19?;16-,19?;11-;3-,11?;8-,11?;;;;;;/m00000....../s1. The zero-order valence-electron chi connectivity index (χ0n) is 72.9. The van der Waals surface area contributed by atoms with Gasteiger partial charge in [0.2, 0.25) is 41.1 Å². The molecule has 7 rings (SSSR count). The number of nitro benzene ring substituents is 2. The maximum atomic E-state index is 13.9. The molecule has 804 valence electrons. The van der Waals surface area contributed by atoms with Crippen molar-refractivity contribution < 1.29 is 209 Å². The molecule has 9 unspecified atom stereocenters. The van der Waals surface area contributed by atoms with Crippen molar-refractivity contribution in [3.05, 3.63) is 270 Å². The molecule has 0 saturated heterocycles. The Balaban J connectivity index is -0.000000841. The maximum absolute atomic E-state index is 13.9. The van der Waals surface area contributed by atoms with E-state index in [1.807, 2.05) is 37.3 Å². The number of benzene rings is 7. The lowest BCUT2D eigenvalue weighted by Gasteiger charge is -2.22. The van der Waals surface area contributed by atoms with Crippen LogP contribution in [0.4, 0.5) is 69.7 Å². The number of amides is 3. The number of halogens is 10. The first kappa shape index (κ1) is 138. The molecule has 0 saturated carbocycles. The highest BCUT2D eigenvalue weighted by molar-refractivity contribution is 7.59. The van der Waals surface area contributed by atoms with Crippen molar-refractivity contribution in [1.82, 2.24) is 16.0 Å². The highest BCUT2D eigenvalue weighted by Crippen LogP contribution is 2.60. The Morgan fingerprint density at radius 1 is 0.424 bits per heavy atom. The SMILES string of the molecule is C.C.C.C.C.C=CC(C)C=C.COC(=O)[C@H](CCP(=O)(O)C(O)c1c(F)c(F)c(F)c(F)c1F)NC(=O)OCc1ccccc1.COC(=O)[C@H](CCP(=O)(O)C(O)c1cc([N+](=O)[O-])ccc1O)NC(=O)OCc1ccccc1.COC(=O)[C@H](CC[P+](=O)O)NC(=O)OCc1ccccc1.N[C@@H](CCP(=O)(O)C(O)c1c(F)c(F)c(F)c(F)c1F)C(=O)O.N[C@@H](CCP(=O)(O)C(O)c1cc([N+](=O)[O-])ccc1O)C(=O)O. The summed E-state index contributed by atoms with van der Waals surface area (Å²) in [5.74, 6) is -41.0. The van der Waals surface area contributed by atoms with Crippen molar-refractivity contribution in [2.45, 2.75) is 150 Å². The number of aromatic hydroxyl groups is 2. The number of hydrogen-bond donors (Lipinski definition) is 18. The molecule has 7 aromatic rings. The van der Waals surface area contributed by atoms with Gasteiger partial charge in [0.15, 0.2) is 76.1 Å². The molecule has 0 aliphatic rings. The number of methoxy groups -OCH3 is 3. The Bertz CT molecular complexity index is 5590. The van der Waals surface area contributed by atoms with E-state index in [1.165, 1.54) is 7.11 Å². The number of non-ortho nitro benzene ring substituents is 2. The Kier molecular flexibility index (Phi) is 62.8. The molecule has 0 bridgehead atoms. The van der Waals surface area contributed by atoms with Gasteiger partial charge in [0, 0.05) is 66.5 Å². The van der Waals surface area contributed by atoms with Crippen LogP contribution in [0.5, 0.6) is 11.5 Å². The monoisotopic (exact) mass is 2170 g/mol. The van der Waals surface area contributed by atoms with Crippen molar-refractivity contribution in [2.75, 3.05) is 52.1 Å². The van der Waals surface area contributed by atoms with Gasteiger partial charge in [-0.15, -0.1) is 13.2 Å². The number of phenolic OH excluding ortho intramolecular Hbond substituents is 2. The van der Waals surface area contributed by atoms with Crippen LogP contribution in [0.2, 0.25) is 0 Å². The molecular formula is C86H115F10N7O36P5+. The van der Waals surface area contributed by atoms with Gasteiger partial charge in [-0.05, 0) is 65.0 Å². The second-order valence-electron chi connectivity index (χ2n) is 28.5. The number of nitrogens with two attached hydrogens (primary N) is 2. The van der Waals surface area contributed by atoms with Gasteiger partial charge in [0.25, 0.3) is 11.4 Å². The number of aliphatic hydroxyl groups excluding tert-OH is 4. The van der Waals surface area contributed by atoms with Crippen LogP contribution < -0.4 is 27.4 Å². The van der Waals surface area contributed by atoms with Crippen LogP contribution in [0, 0.1) is 84.3 Å². The van der Waals surface area contributed by atoms with Crippen LogP contribution in [0.1, 0.15) is 138 Å². The summed E-state index contributed by atoms with van der Waals surface area (Å²) in [5.41, 5.74) is 6.64. The zero-order valence-corrected chi connectivity index (χ0v) is 77.4. The summed E-state index contributed by atoms with van der Waals surface area (Å²) >= 11 is 0. The third kappa shape index (κ3) is 44.4. The molecule has 0 radical (unpaired) electrons. The molecule has 0 aliphatic carbocycles. The minimum Gasteiger partial charge on any atom is -0.508 e. The molecule has 7 aromatic carbocycles. The quantitative estimate of drug-likeness (QED) is 0.00195. The van der Waals surface area contributed by atoms with Crippen LogP contribution in [0.25, 0.3) is 0 Å². The average molecular weight is 2170 g/mol. The maximum Gasteiger partial charge on any atom is 0.505 e. The lowest BCUT2D eigenvalue weighted by Crippen LogP contribution is -2.42. The van der Waals surface area contributed by atoms with Crippen LogP contribution >= 0.6 is 37.5 Å². The third-order valence-electron chi connectivity index (χ3n) is 18.5. The Morgan fingerprint density at radius 3 is 0.882 bits per heavy atom. The fraction of sp³-hybridized carbons (Fsp3) is 0.372. The van der Waals surface area contributed by atoms with E-state index in [1.54, 1.807) is 72.8 Å². The summed E-state index contributed by atoms with van der Waals surface area (Å²) in [6, 6.07) is 24.5. The molecule has 0 heterocycles. The first-order chi connectivity index (χ1) is 64.8. The minimum absolute atomic E-state index is 0. The fourth-order valence-electron chi connectivity index (χ4n) is 10.5. The minimum atomic E-state index is -5.10. The average Bonchev–Trinajstić information content (AvgIpc) is 0.774. The number of allylic oxidation sites excluding steroid dienone is 2. The van der Waals surface area contributed by atoms with E-state index in [0.29, 0.717) is 17.0 Å². The number of aliphatic carboxylic acids is 2. The summed E-state index contributed by atoms with van der Waals surface area (Å²) in [6.07, 6.45) is -4.88. The zero-order chi connectivity index (χ0) is 106. The summed E-state index contributed by atoms with van der Waals surface area (Å²) in [6.45, 7) is 8.96. The molecular weight excluding hydrogens is 2050 g/mol. The summed E-state index contributed by atoms with van der Waals surface area (Å²) in [7, 11) is -18.1. The predicted molar refractivity (Wildman–Crippen MR) is 500 cm³/mol.